The zero-order valence-electron chi connectivity index (χ0n) is 16.4. The molecule has 0 aliphatic rings. The van der Waals surface area contributed by atoms with E-state index in [0.29, 0.717) is 0 Å². The van der Waals surface area contributed by atoms with Crippen LogP contribution in [0.2, 0.25) is 0 Å². The minimum atomic E-state index is -5.08. The molecule has 0 unspecified atom stereocenters. The highest BCUT2D eigenvalue weighted by molar-refractivity contribution is 7.80. The summed E-state index contributed by atoms with van der Waals surface area (Å²) in [5.41, 5.74) is 4.13. The number of carbonyl (C=O) groups is 1. The van der Waals surface area contributed by atoms with E-state index in [4.69, 9.17) is 9.90 Å². The van der Waals surface area contributed by atoms with Crippen LogP contribution in [0.4, 0.5) is 13.2 Å². The summed E-state index contributed by atoms with van der Waals surface area (Å²) in [5.74, 6) is -2.76. The first-order valence-corrected chi connectivity index (χ1v) is 10.2. The average Bonchev–Trinajstić information content (AvgIpc) is 2.66. The van der Waals surface area contributed by atoms with Gasteiger partial charge in [-0.05, 0) is 61.3 Å². The van der Waals surface area contributed by atoms with Crippen LogP contribution in [0, 0.1) is 20.8 Å². The highest BCUT2D eigenvalue weighted by Gasteiger charge is 2.38. The molecular formula is C23H22F3O2P. The van der Waals surface area contributed by atoms with E-state index in [0.717, 1.165) is 0 Å². The molecule has 6 heteroatoms. The van der Waals surface area contributed by atoms with Gasteiger partial charge in [0.15, 0.2) is 0 Å². The second-order valence-corrected chi connectivity index (χ2v) is 8.61. The maximum absolute atomic E-state index is 10.6. The van der Waals surface area contributed by atoms with E-state index in [1.807, 2.05) is 0 Å². The summed E-state index contributed by atoms with van der Waals surface area (Å²) in [5, 5.41) is 11.5. The van der Waals surface area contributed by atoms with Crippen LogP contribution in [0.5, 0.6) is 0 Å². The van der Waals surface area contributed by atoms with Gasteiger partial charge in [0.25, 0.3) is 0 Å². The molecule has 0 spiro atoms. The molecular weight excluding hydrogens is 396 g/mol. The lowest BCUT2D eigenvalue weighted by atomic mass is 10.2. The van der Waals surface area contributed by atoms with E-state index >= 15 is 0 Å². The van der Waals surface area contributed by atoms with Gasteiger partial charge in [-0.1, -0.05) is 72.8 Å². The fourth-order valence-corrected chi connectivity index (χ4v) is 5.60. The molecule has 3 rings (SSSR count). The molecule has 0 radical (unpaired) electrons. The summed E-state index contributed by atoms with van der Waals surface area (Å²) in [6, 6.07) is 26.4. The van der Waals surface area contributed by atoms with Gasteiger partial charge in [-0.2, -0.15) is 13.2 Å². The molecule has 0 aliphatic heterocycles. The number of carboxylic acids is 1. The number of aliphatic carboxylic acids is 1. The van der Waals surface area contributed by atoms with Gasteiger partial charge in [0.05, 0.1) is 0 Å². The van der Waals surface area contributed by atoms with Crippen LogP contribution in [0.1, 0.15) is 16.7 Å². The first kappa shape index (κ1) is 22.6. The first-order chi connectivity index (χ1) is 13.6. The Hall–Kier alpha value is -2.65. The van der Waals surface area contributed by atoms with Gasteiger partial charge in [0.1, 0.15) is 0 Å². The smallest absolute Gasteiger partial charge is 0.475 e. The SMILES string of the molecule is Cc1ccccc1P(c1ccccc1C)c1ccccc1C.O=C(O)C(F)(F)F. The highest BCUT2D eigenvalue weighted by atomic mass is 31.1. The molecule has 0 aromatic heterocycles. The molecule has 29 heavy (non-hydrogen) atoms. The molecule has 0 saturated heterocycles. The zero-order chi connectivity index (χ0) is 21.6. The second kappa shape index (κ2) is 9.71. The van der Waals surface area contributed by atoms with E-state index < -0.39 is 20.1 Å². The van der Waals surface area contributed by atoms with Crippen molar-refractivity contribution in [2.75, 3.05) is 0 Å². The average molecular weight is 418 g/mol. The van der Waals surface area contributed by atoms with Gasteiger partial charge in [0, 0.05) is 0 Å². The van der Waals surface area contributed by atoms with E-state index in [-0.39, 0.29) is 0 Å². The molecule has 0 aliphatic carbocycles. The Labute approximate surface area is 169 Å². The van der Waals surface area contributed by atoms with Crippen LogP contribution >= 0.6 is 7.92 Å². The summed E-state index contributed by atoms with van der Waals surface area (Å²) in [4.78, 5) is 8.90. The molecule has 1 N–H and O–H groups in total. The van der Waals surface area contributed by atoms with Crippen LogP contribution in [-0.2, 0) is 4.79 Å². The van der Waals surface area contributed by atoms with Crippen molar-refractivity contribution in [2.24, 2.45) is 0 Å². The lowest BCUT2D eigenvalue weighted by Crippen LogP contribution is -2.25. The number of carboxylic acid groups (broad SMARTS) is 1. The highest BCUT2D eigenvalue weighted by Crippen LogP contribution is 2.36. The van der Waals surface area contributed by atoms with Gasteiger partial charge in [-0.15, -0.1) is 0 Å². The third-order valence-corrected chi connectivity index (χ3v) is 7.26. The quantitative estimate of drug-likeness (QED) is 0.608. The van der Waals surface area contributed by atoms with Crippen molar-refractivity contribution in [1.29, 1.82) is 0 Å². The van der Waals surface area contributed by atoms with Gasteiger partial charge >= 0.3 is 12.1 Å². The summed E-state index contributed by atoms with van der Waals surface area (Å²) in [6.45, 7) is 6.67. The standard InChI is InChI=1S/C21H21P.C2HF3O2/c1-16-10-4-7-13-19(16)22(20-14-8-5-11-17(20)2)21-15-9-6-12-18(21)3;3-2(4,5)1(6)7/h4-15H,1-3H3;(H,6,7). The molecule has 3 aromatic carbocycles. The van der Waals surface area contributed by atoms with Crippen LogP contribution < -0.4 is 15.9 Å². The summed E-state index contributed by atoms with van der Waals surface area (Å²) in [6.07, 6.45) is -5.08. The number of halogens is 3. The fraction of sp³-hybridized carbons (Fsp3) is 0.174. The molecule has 3 aromatic rings. The van der Waals surface area contributed by atoms with Crippen molar-refractivity contribution >= 4 is 29.8 Å². The monoisotopic (exact) mass is 418 g/mol. The summed E-state index contributed by atoms with van der Waals surface area (Å²) >= 11 is 0. The number of benzene rings is 3. The largest absolute Gasteiger partial charge is 0.490 e. The van der Waals surface area contributed by atoms with E-state index in [1.54, 1.807) is 0 Å². The van der Waals surface area contributed by atoms with Crippen LogP contribution in [-0.4, -0.2) is 17.3 Å². The van der Waals surface area contributed by atoms with Gasteiger partial charge in [0.2, 0.25) is 0 Å². The lowest BCUT2D eigenvalue weighted by Gasteiger charge is -2.24. The predicted molar refractivity (Wildman–Crippen MR) is 113 cm³/mol. The van der Waals surface area contributed by atoms with Gasteiger partial charge < -0.3 is 5.11 Å². The molecule has 0 atom stereocenters. The number of rotatable bonds is 3. The zero-order valence-corrected chi connectivity index (χ0v) is 17.3. The topological polar surface area (TPSA) is 37.3 Å². The minimum Gasteiger partial charge on any atom is -0.475 e. The van der Waals surface area contributed by atoms with Crippen molar-refractivity contribution < 1.29 is 23.1 Å². The Balaban J connectivity index is 0.000000370. The normalized spacial score (nSPS) is 11.0. The minimum absolute atomic E-state index is 0.508. The van der Waals surface area contributed by atoms with Crippen LogP contribution in [0.25, 0.3) is 0 Å². The Morgan fingerprint density at radius 2 is 0.931 bits per heavy atom. The van der Waals surface area contributed by atoms with Gasteiger partial charge in [-0.3, -0.25) is 0 Å². The van der Waals surface area contributed by atoms with Gasteiger partial charge in [-0.25, -0.2) is 4.79 Å². The predicted octanol–water partition coefficient (Wildman–Crippen LogP) is 5.00. The molecule has 0 amide bonds. The van der Waals surface area contributed by atoms with Crippen molar-refractivity contribution in [3.63, 3.8) is 0 Å². The Morgan fingerprint density at radius 1 is 0.690 bits per heavy atom. The Morgan fingerprint density at radius 3 is 1.14 bits per heavy atom. The molecule has 0 bridgehead atoms. The third-order valence-electron chi connectivity index (χ3n) is 4.31. The van der Waals surface area contributed by atoms with Crippen molar-refractivity contribution in [1.82, 2.24) is 0 Å². The number of hydrogen-bond acceptors (Lipinski definition) is 1. The van der Waals surface area contributed by atoms with Crippen LogP contribution in [0.3, 0.4) is 0 Å². The number of alkyl halides is 3. The first-order valence-electron chi connectivity index (χ1n) is 8.90. The van der Waals surface area contributed by atoms with Crippen molar-refractivity contribution in [3.8, 4) is 0 Å². The van der Waals surface area contributed by atoms with E-state index in [1.165, 1.54) is 32.6 Å². The Bertz CT molecular complexity index is 875. The fourth-order valence-electron chi connectivity index (χ4n) is 2.83. The van der Waals surface area contributed by atoms with E-state index in [9.17, 15) is 13.2 Å². The molecule has 0 saturated carbocycles. The number of aryl methyl sites for hydroxylation is 3. The summed E-state index contributed by atoms with van der Waals surface area (Å²) < 4.78 is 31.7. The molecule has 0 heterocycles. The van der Waals surface area contributed by atoms with Crippen LogP contribution in [0.15, 0.2) is 72.8 Å². The number of hydrogen-bond donors (Lipinski definition) is 1. The lowest BCUT2D eigenvalue weighted by molar-refractivity contribution is -0.192. The molecule has 2 nitrogen and oxygen atoms in total. The van der Waals surface area contributed by atoms with Crippen molar-refractivity contribution in [3.05, 3.63) is 89.5 Å². The Kier molecular flexibility index (Phi) is 7.58. The molecule has 0 fully saturated rings. The molecule has 152 valence electrons. The summed E-state index contributed by atoms with van der Waals surface area (Å²) in [7, 11) is -0.508. The third kappa shape index (κ3) is 5.91. The maximum Gasteiger partial charge on any atom is 0.490 e. The van der Waals surface area contributed by atoms with Crippen molar-refractivity contribution in [2.45, 2.75) is 26.9 Å². The maximum atomic E-state index is 10.6. The second-order valence-electron chi connectivity index (χ2n) is 6.50. The van der Waals surface area contributed by atoms with E-state index in [2.05, 4.69) is 93.6 Å².